The molecule has 0 bridgehead atoms. The lowest BCUT2D eigenvalue weighted by Crippen LogP contribution is -2.23. The normalized spacial score (nSPS) is 10.2. The van der Waals surface area contributed by atoms with Gasteiger partial charge in [-0.1, -0.05) is 29.5 Å². The Morgan fingerprint density at radius 1 is 1.41 bits per heavy atom. The van der Waals surface area contributed by atoms with Crippen molar-refractivity contribution in [3.8, 4) is 0 Å². The highest BCUT2D eigenvalue weighted by atomic mass is 32.1. The zero-order valence-corrected chi connectivity index (χ0v) is 9.50. The second-order valence-electron chi connectivity index (χ2n) is 3.22. The SMILES string of the molecule is Nc1nnc(C(=O)NCc2ccccc2F)s1. The molecule has 0 radical (unpaired) electrons. The monoisotopic (exact) mass is 252 g/mol. The number of nitrogens with one attached hydrogen (secondary N) is 1. The van der Waals surface area contributed by atoms with Gasteiger partial charge < -0.3 is 11.1 Å². The molecule has 0 fully saturated rings. The summed E-state index contributed by atoms with van der Waals surface area (Å²) >= 11 is 0.985. The third-order valence-corrected chi connectivity index (χ3v) is 2.78. The van der Waals surface area contributed by atoms with Gasteiger partial charge >= 0.3 is 0 Å². The number of carbonyl (C=O) groups excluding carboxylic acids is 1. The standard InChI is InChI=1S/C10H9FN4OS/c11-7-4-2-1-3-6(7)5-13-8(16)9-14-15-10(12)17-9/h1-4H,5H2,(H2,12,15)(H,13,16). The van der Waals surface area contributed by atoms with Gasteiger partial charge in [0.15, 0.2) is 0 Å². The number of nitrogen functional groups attached to an aromatic ring is 1. The van der Waals surface area contributed by atoms with Crippen molar-refractivity contribution in [3.63, 3.8) is 0 Å². The number of nitrogens with zero attached hydrogens (tertiary/aromatic N) is 2. The Labute approximate surface area is 100 Å². The fourth-order valence-electron chi connectivity index (χ4n) is 1.22. The van der Waals surface area contributed by atoms with Gasteiger partial charge in [0.2, 0.25) is 10.1 Å². The van der Waals surface area contributed by atoms with E-state index in [2.05, 4.69) is 15.5 Å². The molecule has 0 saturated heterocycles. The zero-order valence-electron chi connectivity index (χ0n) is 8.68. The number of hydrogen-bond donors (Lipinski definition) is 2. The van der Waals surface area contributed by atoms with Crippen molar-refractivity contribution in [1.82, 2.24) is 15.5 Å². The van der Waals surface area contributed by atoms with Crippen LogP contribution in [0.4, 0.5) is 9.52 Å². The molecule has 0 atom stereocenters. The highest BCUT2D eigenvalue weighted by Crippen LogP contribution is 2.11. The Morgan fingerprint density at radius 3 is 2.82 bits per heavy atom. The molecule has 0 saturated carbocycles. The van der Waals surface area contributed by atoms with Crippen LogP contribution in [0.25, 0.3) is 0 Å². The Hall–Kier alpha value is -2.02. The predicted octanol–water partition coefficient (Wildman–Crippen LogP) is 1.19. The molecule has 0 unspecified atom stereocenters. The van der Waals surface area contributed by atoms with E-state index in [0.29, 0.717) is 5.56 Å². The summed E-state index contributed by atoms with van der Waals surface area (Å²) in [5, 5.41) is 10.0. The third-order valence-electron chi connectivity index (χ3n) is 2.03. The van der Waals surface area contributed by atoms with Gasteiger partial charge in [0, 0.05) is 12.1 Å². The maximum atomic E-state index is 13.2. The summed E-state index contributed by atoms with van der Waals surface area (Å²) in [6.07, 6.45) is 0. The molecule has 0 spiro atoms. The van der Waals surface area contributed by atoms with Crippen LogP contribution in [0.5, 0.6) is 0 Å². The molecular weight excluding hydrogens is 243 g/mol. The first-order valence-corrected chi connectivity index (χ1v) is 5.59. The molecule has 3 N–H and O–H groups in total. The fraction of sp³-hybridized carbons (Fsp3) is 0.100. The van der Waals surface area contributed by atoms with Gasteiger partial charge in [-0.05, 0) is 6.07 Å². The van der Waals surface area contributed by atoms with Crippen molar-refractivity contribution >= 4 is 22.4 Å². The van der Waals surface area contributed by atoms with Gasteiger partial charge in [-0.2, -0.15) is 0 Å². The molecule has 88 valence electrons. The molecule has 2 aromatic rings. The maximum Gasteiger partial charge on any atom is 0.282 e. The average Bonchev–Trinajstić information content (AvgIpc) is 2.74. The lowest BCUT2D eigenvalue weighted by atomic mass is 10.2. The number of carbonyl (C=O) groups is 1. The van der Waals surface area contributed by atoms with Crippen LogP contribution in [-0.4, -0.2) is 16.1 Å². The number of halogens is 1. The number of aromatic nitrogens is 2. The summed E-state index contributed by atoms with van der Waals surface area (Å²) in [5.74, 6) is -0.771. The number of rotatable bonds is 3. The minimum Gasteiger partial charge on any atom is -0.374 e. The van der Waals surface area contributed by atoms with E-state index in [-0.39, 0.29) is 22.5 Å². The van der Waals surface area contributed by atoms with Crippen LogP contribution in [0.1, 0.15) is 15.4 Å². The van der Waals surface area contributed by atoms with Crippen molar-refractivity contribution in [2.75, 3.05) is 5.73 Å². The average molecular weight is 252 g/mol. The smallest absolute Gasteiger partial charge is 0.282 e. The van der Waals surface area contributed by atoms with Gasteiger partial charge in [-0.25, -0.2) is 4.39 Å². The number of benzene rings is 1. The van der Waals surface area contributed by atoms with Crippen LogP contribution in [-0.2, 0) is 6.54 Å². The minimum absolute atomic E-state index is 0.102. The Balaban J connectivity index is 1.99. The lowest BCUT2D eigenvalue weighted by Gasteiger charge is -2.03. The van der Waals surface area contributed by atoms with E-state index < -0.39 is 5.91 Å². The minimum atomic E-state index is -0.414. The first-order valence-electron chi connectivity index (χ1n) is 4.77. The molecule has 1 amide bonds. The fourth-order valence-corrected chi connectivity index (χ4v) is 1.75. The van der Waals surface area contributed by atoms with E-state index in [0.717, 1.165) is 11.3 Å². The molecular formula is C10H9FN4OS. The van der Waals surface area contributed by atoms with E-state index >= 15 is 0 Å². The first-order chi connectivity index (χ1) is 8.16. The molecule has 5 nitrogen and oxygen atoms in total. The van der Waals surface area contributed by atoms with Gasteiger partial charge in [0.1, 0.15) is 5.82 Å². The van der Waals surface area contributed by atoms with Crippen LogP contribution < -0.4 is 11.1 Å². The molecule has 17 heavy (non-hydrogen) atoms. The number of anilines is 1. The lowest BCUT2D eigenvalue weighted by molar-refractivity contribution is 0.0949. The van der Waals surface area contributed by atoms with Crippen molar-refractivity contribution in [1.29, 1.82) is 0 Å². The van der Waals surface area contributed by atoms with E-state index in [1.807, 2.05) is 0 Å². The second-order valence-corrected chi connectivity index (χ2v) is 4.23. The summed E-state index contributed by atoms with van der Waals surface area (Å²) in [7, 11) is 0. The summed E-state index contributed by atoms with van der Waals surface area (Å²) in [5.41, 5.74) is 5.77. The van der Waals surface area contributed by atoms with Gasteiger partial charge in [-0.15, -0.1) is 10.2 Å². The number of amides is 1. The molecule has 7 heteroatoms. The summed E-state index contributed by atoms with van der Waals surface area (Å²) in [6.45, 7) is 0.102. The number of hydrogen-bond acceptors (Lipinski definition) is 5. The maximum absolute atomic E-state index is 13.2. The molecule has 2 rings (SSSR count). The molecule has 0 aliphatic carbocycles. The Kier molecular flexibility index (Phi) is 3.29. The van der Waals surface area contributed by atoms with Crippen molar-refractivity contribution in [2.24, 2.45) is 0 Å². The van der Waals surface area contributed by atoms with Crippen LogP contribution in [0.2, 0.25) is 0 Å². The van der Waals surface area contributed by atoms with Crippen LogP contribution in [0.15, 0.2) is 24.3 Å². The topological polar surface area (TPSA) is 80.9 Å². The first kappa shape index (κ1) is 11.5. The van der Waals surface area contributed by atoms with E-state index in [4.69, 9.17) is 5.73 Å². The summed E-state index contributed by atoms with van der Waals surface area (Å²) in [6, 6.07) is 6.23. The number of nitrogens with two attached hydrogens (primary N) is 1. The summed E-state index contributed by atoms with van der Waals surface area (Å²) in [4.78, 5) is 11.6. The quantitative estimate of drug-likeness (QED) is 0.859. The van der Waals surface area contributed by atoms with Crippen LogP contribution in [0.3, 0.4) is 0 Å². The highest BCUT2D eigenvalue weighted by molar-refractivity contribution is 7.16. The van der Waals surface area contributed by atoms with E-state index in [1.165, 1.54) is 6.07 Å². The second kappa shape index (κ2) is 4.88. The van der Waals surface area contributed by atoms with Crippen LogP contribution >= 0.6 is 11.3 Å². The van der Waals surface area contributed by atoms with E-state index in [9.17, 15) is 9.18 Å². The van der Waals surface area contributed by atoms with Crippen molar-refractivity contribution < 1.29 is 9.18 Å². The molecule has 1 heterocycles. The highest BCUT2D eigenvalue weighted by Gasteiger charge is 2.11. The zero-order chi connectivity index (χ0) is 12.3. The Morgan fingerprint density at radius 2 is 2.18 bits per heavy atom. The van der Waals surface area contributed by atoms with Gasteiger partial charge in [0.25, 0.3) is 5.91 Å². The van der Waals surface area contributed by atoms with E-state index in [1.54, 1.807) is 18.2 Å². The molecule has 0 aliphatic rings. The van der Waals surface area contributed by atoms with Crippen molar-refractivity contribution in [2.45, 2.75) is 6.54 Å². The molecule has 0 aliphatic heterocycles. The summed E-state index contributed by atoms with van der Waals surface area (Å²) < 4.78 is 13.2. The molecule has 1 aromatic heterocycles. The predicted molar refractivity (Wildman–Crippen MR) is 61.9 cm³/mol. The van der Waals surface area contributed by atoms with Crippen LogP contribution in [0, 0.1) is 5.82 Å². The Bertz CT molecular complexity index is 543. The largest absolute Gasteiger partial charge is 0.374 e. The molecule has 1 aromatic carbocycles. The van der Waals surface area contributed by atoms with Gasteiger partial charge in [0.05, 0.1) is 0 Å². The third kappa shape index (κ3) is 2.76. The van der Waals surface area contributed by atoms with Gasteiger partial charge in [-0.3, -0.25) is 4.79 Å². The van der Waals surface area contributed by atoms with Crippen molar-refractivity contribution in [3.05, 3.63) is 40.7 Å².